The Hall–Kier alpha value is -1.46. The lowest BCUT2D eigenvalue weighted by Gasteiger charge is -2.23. The summed E-state index contributed by atoms with van der Waals surface area (Å²) in [6.07, 6.45) is 2.05. The number of benzene rings is 1. The van der Waals surface area contributed by atoms with Gasteiger partial charge in [-0.1, -0.05) is 11.6 Å². The van der Waals surface area contributed by atoms with Gasteiger partial charge in [0, 0.05) is 18.1 Å². The molecule has 1 fully saturated rings. The Bertz CT molecular complexity index is 689. The summed E-state index contributed by atoms with van der Waals surface area (Å²) in [5.74, 6) is 1.17. The minimum Gasteiger partial charge on any atom is -0.444 e. The monoisotopic (exact) mass is 371 g/mol. The summed E-state index contributed by atoms with van der Waals surface area (Å²) in [5, 5.41) is 0.701. The molecule has 1 aliphatic rings. The Morgan fingerprint density at radius 2 is 2.00 bits per heavy atom. The highest BCUT2D eigenvalue weighted by molar-refractivity contribution is 6.31. The van der Waals surface area contributed by atoms with Crippen LogP contribution >= 0.6 is 23.2 Å². The Morgan fingerprint density at radius 3 is 2.58 bits per heavy atom. The Labute approximate surface area is 152 Å². The van der Waals surface area contributed by atoms with Crippen molar-refractivity contribution in [3.63, 3.8) is 0 Å². The first kappa shape index (κ1) is 18.9. The van der Waals surface area contributed by atoms with Crippen LogP contribution in [0.15, 0.2) is 18.2 Å². The van der Waals surface area contributed by atoms with E-state index in [-0.39, 0.29) is 11.7 Å². The second-order valence-corrected chi connectivity index (χ2v) is 7.36. The number of carbonyl (C=O) groups is 1. The topological polar surface area (TPSA) is 58.2 Å². The van der Waals surface area contributed by atoms with Crippen LogP contribution in [0.4, 0.5) is 4.79 Å². The van der Waals surface area contributed by atoms with Crippen LogP contribution in [0.25, 0.3) is 11.0 Å². The third-order valence-electron chi connectivity index (χ3n) is 3.38. The van der Waals surface area contributed by atoms with E-state index in [1.54, 1.807) is 4.90 Å². The van der Waals surface area contributed by atoms with Gasteiger partial charge in [0.1, 0.15) is 11.4 Å². The average Bonchev–Trinajstić information content (AvgIpc) is 3.14. The molecule has 0 bridgehead atoms. The number of amides is 1. The van der Waals surface area contributed by atoms with Crippen molar-refractivity contribution < 1.29 is 9.53 Å². The smallest absolute Gasteiger partial charge is 0.410 e. The van der Waals surface area contributed by atoms with Gasteiger partial charge in [0.15, 0.2) is 0 Å². The fourth-order valence-electron chi connectivity index (χ4n) is 2.32. The van der Waals surface area contributed by atoms with Gasteiger partial charge in [0.05, 0.1) is 16.9 Å². The molecular weight excluding hydrogens is 349 g/mol. The van der Waals surface area contributed by atoms with Gasteiger partial charge in [-0.3, -0.25) is 0 Å². The molecule has 1 amide bonds. The van der Waals surface area contributed by atoms with Crippen molar-refractivity contribution in [3.8, 4) is 0 Å². The molecule has 0 unspecified atom stereocenters. The number of nitrogens with one attached hydrogen (secondary N) is 1. The number of nitrogens with zero attached hydrogens (tertiary/aromatic N) is 2. The van der Waals surface area contributed by atoms with E-state index in [9.17, 15) is 4.79 Å². The normalized spacial score (nSPS) is 14.5. The number of hydrogen-bond donors (Lipinski definition) is 1. The Morgan fingerprint density at radius 1 is 1.33 bits per heavy atom. The van der Waals surface area contributed by atoms with E-state index in [0.717, 1.165) is 42.8 Å². The number of alkyl halides is 1. The Balaban J connectivity index is 0.000000174. The summed E-state index contributed by atoms with van der Waals surface area (Å²) < 4.78 is 5.21. The molecule has 0 radical (unpaired) electrons. The highest BCUT2D eigenvalue weighted by Gasteiger charge is 2.23. The van der Waals surface area contributed by atoms with Crippen molar-refractivity contribution in [2.45, 2.75) is 45.1 Å². The van der Waals surface area contributed by atoms with E-state index in [2.05, 4.69) is 9.97 Å². The van der Waals surface area contributed by atoms with Crippen molar-refractivity contribution in [3.05, 3.63) is 29.0 Å². The lowest BCUT2D eigenvalue weighted by atomic mass is 10.2. The second kappa shape index (κ2) is 8.08. The SMILES string of the molecule is CC(C)(C)OC(=O)N1CCCC1.ClCc1nc2ccc(Cl)cc2[nH]1. The van der Waals surface area contributed by atoms with E-state index < -0.39 is 0 Å². The summed E-state index contributed by atoms with van der Waals surface area (Å²) in [6.45, 7) is 7.38. The predicted octanol–water partition coefficient (Wildman–Crippen LogP) is 4.97. The molecule has 1 aromatic heterocycles. The van der Waals surface area contributed by atoms with Gasteiger partial charge in [-0.2, -0.15) is 0 Å². The molecule has 3 rings (SSSR count). The second-order valence-electron chi connectivity index (χ2n) is 6.65. The molecule has 0 aliphatic carbocycles. The maximum Gasteiger partial charge on any atom is 0.410 e. The van der Waals surface area contributed by atoms with Crippen molar-refractivity contribution in [1.82, 2.24) is 14.9 Å². The molecule has 132 valence electrons. The van der Waals surface area contributed by atoms with E-state index >= 15 is 0 Å². The molecule has 1 N–H and O–H groups in total. The van der Waals surface area contributed by atoms with Crippen molar-refractivity contribution in [2.75, 3.05) is 13.1 Å². The molecule has 1 aromatic carbocycles. The van der Waals surface area contributed by atoms with Crippen LogP contribution in [0.3, 0.4) is 0 Å². The van der Waals surface area contributed by atoms with E-state index in [4.69, 9.17) is 27.9 Å². The summed E-state index contributed by atoms with van der Waals surface area (Å²) in [5.41, 5.74) is 1.47. The molecule has 1 saturated heterocycles. The fourth-order valence-corrected chi connectivity index (χ4v) is 2.62. The van der Waals surface area contributed by atoms with Gasteiger partial charge < -0.3 is 14.6 Å². The maximum absolute atomic E-state index is 11.4. The third kappa shape index (κ3) is 5.56. The van der Waals surface area contributed by atoms with Crippen molar-refractivity contribution >= 4 is 40.3 Å². The molecule has 0 spiro atoms. The van der Waals surface area contributed by atoms with Gasteiger partial charge >= 0.3 is 6.09 Å². The first-order chi connectivity index (χ1) is 11.3. The number of aromatic nitrogens is 2. The number of ether oxygens (including phenoxy) is 1. The van der Waals surface area contributed by atoms with Gasteiger partial charge in [0.25, 0.3) is 0 Å². The number of imidazole rings is 1. The summed E-state index contributed by atoms with van der Waals surface area (Å²) in [7, 11) is 0. The van der Waals surface area contributed by atoms with Crippen LogP contribution in [0, 0.1) is 0 Å². The van der Waals surface area contributed by atoms with Gasteiger partial charge in [-0.05, 0) is 51.8 Å². The lowest BCUT2D eigenvalue weighted by molar-refractivity contribution is 0.0295. The first-order valence-corrected chi connectivity index (χ1v) is 8.88. The third-order valence-corrected chi connectivity index (χ3v) is 3.87. The zero-order valence-electron chi connectivity index (χ0n) is 14.2. The Kier molecular flexibility index (Phi) is 6.35. The molecule has 0 atom stereocenters. The lowest BCUT2D eigenvalue weighted by Crippen LogP contribution is -2.34. The number of likely N-dealkylation sites (tertiary alicyclic amines) is 1. The molecule has 2 heterocycles. The zero-order chi connectivity index (χ0) is 17.7. The molecule has 5 nitrogen and oxygen atoms in total. The number of fused-ring (bicyclic) bond motifs is 1. The molecule has 0 saturated carbocycles. The van der Waals surface area contributed by atoms with Crippen LogP contribution in [-0.2, 0) is 10.6 Å². The average molecular weight is 372 g/mol. The predicted molar refractivity (Wildman–Crippen MR) is 97.7 cm³/mol. The minimum absolute atomic E-state index is 0.167. The van der Waals surface area contributed by atoms with Crippen LogP contribution < -0.4 is 0 Å². The van der Waals surface area contributed by atoms with Crippen molar-refractivity contribution in [2.24, 2.45) is 0 Å². The zero-order valence-corrected chi connectivity index (χ0v) is 15.7. The summed E-state index contributed by atoms with van der Waals surface area (Å²) in [6, 6.07) is 5.51. The molecule has 2 aromatic rings. The number of carbonyl (C=O) groups excluding carboxylic acids is 1. The molecule has 7 heteroatoms. The standard InChI is InChI=1S/C9H17NO2.C8H6Cl2N2/c1-9(2,3)12-8(11)10-6-4-5-7-10;9-4-8-11-6-2-1-5(10)3-7(6)12-8/h4-7H2,1-3H3;1-3H,4H2,(H,11,12). The largest absolute Gasteiger partial charge is 0.444 e. The quantitative estimate of drug-likeness (QED) is 0.719. The number of halogens is 2. The van der Waals surface area contributed by atoms with Crippen LogP contribution in [0.5, 0.6) is 0 Å². The molecular formula is C17H23Cl2N3O2. The summed E-state index contributed by atoms with van der Waals surface area (Å²) >= 11 is 11.4. The number of rotatable bonds is 1. The van der Waals surface area contributed by atoms with Gasteiger partial charge in [-0.25, -0.2) is 9.78 Å². The highest BCUT2D eigenvalue weighted by Crippen LogP contribution is 2.17. The molecule has 1 aliphatic heterocycles. The number of hydrogen-bond acceptors (Lipinski definition) is 3. The van der Waals surface area contributed by atoms with E-state index in [1.165, 1.54) is 0 Å². The maximum atomic E-state index is 11.4. The van der Waals surface area contributed by atoms with Crippen LogP contribution in [0.2, 0.25) is 5.02 Å². The summed E-state index contributed by atoms with van der Waals surface area (Å²) in [4.78, 5) is 20.4. The fraction of sp³-hybridized carbons (Fsp3) is 0.529. The van der Waals surface area contributed by atoms with Crippen molar-refractivity contribution in [1.29, 1.82) is 0 Å². The first-order valence-electron chi connectivity index (χ1n) is 7.96. The number of H-pyrrole nitrogens is 1. The van der Waals surface area contributed by atoms with E-state index in [1.807, 2.05) is 39.0 Å². The van der Waals surface area contributed by atoms with Crippen LogP contribution in [0.1, 0.15) is 39.4 Å². The van der Waals surface area contributed by atoms with E-state index in [0.29, 0.717) is 10.9 Å². The van der Waals surface area contributed by atoms with Gasteiger partial charge in [-0.15, -0.1) is 11.6 Å². The van der Waals surface area contributed by atoms with Crippen LogP contribution in [-0.4, -0.2) is 39.7 Å². The molecule has 24 heavy (non-hydrogen) atoms. The minimum atomic E-state index is -0.361. The number of aromatic amines is 1. The van der Waals surface area contributed by atoms with Gasteiger partial charge in [0.2, 0.25) is 0 Å². The highest BCUT2D eigenvalue weighted by atomic mass is 35.5.